The fourth-order valence-corrected chi connectivity index (χ4v) is 2.41. The summed E-state index contributed by atoms with van der Waals surface area (Å²) in [6.07, 6.45) is 2.41. The van der Waals surface area contributed by atoms with Crippen LogP contribution in [0.3, 0.4) is 0 Å². The monoisotopic (exact) mass is 404 g/mol. The predicted octanol–water partition coefficient (Wildman–Crippen LogP) is -2.29. The summed E-state index contributed by atoms with van der Waals surface area (Å²) in [5.74, 6) is -1.90. The minimum atomic E-state index is -1.11. The minimum absolute atomic E-state index is 0.238. The van der Waals surface area contributed by atoms with Gasteiger partial charge in [0.05, 0.1) is 43.0 Å². The molecule has 0 atom stereocenters. The molecule has 0 unspecified atom stereocenters. The number of aliphatic hydroxyl groups is 4. The first-order valence-electron chi connectivity index (χ1n) is 8.47. The van der Waals surface area contributed by atoms with Crippen molar-refractivity contribution in [1.82, 2.24) is 10.6 Å². The van der Waals surface area contributed by atoms with Gasteiger partial charge in [-0.25, -0.2) is 0 Å². The maximum atomic E-state index is 11.6. The third-order valence-electron chi connectivity index (χ3n) is 4.34. The van der Waals surface area contributed by atoms with Gasteiger partial charge in [-0.05, 0) is 17.2 Å². The summed E-state index contributed by atoms with van der Waals surface area (Å²) in [5, 5.41) is 38.3. The number of aliphatic hydroxyl groups excluding tert-OH is 4. The van der Waals surface area contributed by atoms with Gasteiger partial charge >= 0.3 is 0 Å². The van der Waals surface area contributed by atoms with E-state index in [0.29, 0.717) is 11.1 Å². The molecule has 2 aliphatic rings. The number of nitrogens with one attached hydrogen (secondary N) is 2. The van der Waals surface area contributed by atoms with E-state index in [1.54, 1.807) is 24.3 Å². The lowest BCUT2D eigenvalue weighted by molar-refractivity contribution is -0.124. The van der Waals surface area contributed by atoms with E-state index >= 15 is 0 Å². The number of hydrogen-bond acceptors (Lipinski definition) is 8. The van der Waals surface area contributed by atoms with E-state index in [2.05, 4.69) is 10.6 Å². The number of carbonyl (C=O) groups is 4. The number of carbonyl (C=O) groups excluding carboxylic acids is 4. The van der Waals surface area contributed by atoms with Crippen LogP contribution in [0.5, 0.6) is 0 Å². The molecule has 154 valence electrons. The summed E-state index contributed by atoms with van der Waals surface area (Å²) in [5.41, 5.74) is 0.391. The molecule has 2 heterocycles. The van der Waals surface area contributed by atoms with Crippen LogP contribution >= 0.6 is 0 Å². The van der Waals surface area contributed by atoms with Crippen LogP contribution < -0.4 is 10.6 Å². The summed E-state index contributed by atoms with van der Waals surface area (Å²) in [4.78, 5) is 45.5. The first-order chi connectivity index (χ1) is 13.8. The number of amides is 4. The van der Waals surface area contributed by atoms with Crippen LogP contribution in [-0.2, 0) is 19.2 Å². The molecule has 4 amide bonds. The summed E-state index contributed by atoms with van der Waals surface area (Å²) in [7, 11) is 0. The van der Waals surface area contributed by atoms with Gasteiger partial charge in [0.15, 0.2) is 0 Å². The van der Waals surface area contributed by atoms with E-state index in [9.17, 15) is 19.2 Å². The van der Waals surface area contributed by atoms with Crippen molar-refractivity contribution in [3.63, 3.8) is 0 Å². The molecule has 0 fully saturated rings. The molecular formula is C19H20N2O8. The Bertz CT molecular complexity index is 822. The second-order valence-corrected chi connectivity index (χ2v) is 6.47. The molecule has 29 heavy (non-hydrogen) atoms. The van der Waals surface area contributed by atoms with Gasteiger partial charge in [0.2, 0.25) is 0 Å². The van der Waals surface area contributed by atoms with Gasteiger partial charge in [-0.3, -0.25) is 29.8 Å². The van der Waals surface area contributed by atoms with Crippen molar-refractivity contribution in [2.45, 2.75) is 0 Å². The van der Waals surface area contributed by atoms with Crippen LogP contribution in [0.4, 0.5) is 0 Å². The molecule has 10 nitrogen and oxygen atoms in total. The zero-order valence-corrected chi connectivity index (χ0v) is 15.2. The standard InChI is InChI=1S/C14H8N2O4.C5H12O4/c17-11-5-9(13(19)15-11)7-2-1-3-8(4-7)10-6-12(18)16-14(10)20;6-1-5(2-7,3-8)4-9/h1-6H,(H,15,17,19)(H,16,18,20);6-9H,1-4H2. The third kappa shape index (κ3) is 5.00. The number of rotatable bonds is 6. The average molecular weight is 404 g/mol. The average Bonchev–Trinajstić information content (AvgIpc) is 3.24. The van der Waals surface area contributed by atoms with Crippen molar-refractivity contribution in [2.75, 3.05) is 26.4 Å². The van der Waals surface area contributed by atoms with Crippen molar-refractivity contribution >= 4 is 34.8 Å². The topological polar surface area (TPSA) is 173 Å². The largest absolute Gasteiger partial charge is 0.396 e. The Labute approximate surface area is 165 Å². The molecule has 0 saturated heterocycles. The van der Waals surface area contributed by atoms with E-state index < -0.39 is 55.5 Å². The van der Waals surface area contributed by atoms with Crippen LogP contribution in [0.25, 0.3) is 11.1 Å². The minimum Gasteiger partial charge on any atom is -0.396 e. The molecule has 0 aromatic heterocycles. The third-order valence-corrected chi connectivity index (χ3v) is 4.34. The van der Waals surface area contributed by atoms with Gasteiger partial charge in [-0.2, -0.15) is 0 Å². The smallest absolute Gasteiger partial charge is 0.258 e. The number of imide groups is 2. The van der Waals surface area contributed by atoms with Gasteiger partial charge < -0.3 is 20.4 Å². The highest BCUT2D eigenvalue weighted by Gasteiger charge is 2.27. The molecular weight excluding hydrogens is 384 g/mol. The molecule has 1 aromatic carbocycles. The SMILES string of the molecule is O=C1C=C(c2cccc(C3=CC(=O)NC3=O)c2)C(=O)N1.OCC(CO)(CO)CO. The van der Waals surface area contributed by atoms with Crippen LogP contribution in [0.2, 0.25) is 0 Å². The second-order valence-electron chi connectivity index (χ2n) is 6.47. The molecule has 3 rings (SSSR count). The Morgan fingerprint density at radius 1 is 0.690 bits per heavy atom. The molecule has 0 radical (unpaired) electrons. The Kier molecular flexibility index (Phi) is 7.13. The quantitative estimate of drug-likeness (QED) is 0.287. The van der Waals surface area contributed by atoms with Crippen LogP contribution in [-0.4, -0.2) is 70.5 Å². The maximum absolute atomic E-state index is 11.6. The van der Waals surface area contributed by atoms with Gasteiger partial charge in [-0.15, -0.1) is 0 Å². The maximum Gasteiger partial charge on any atom is 0.258 e. The highest BCUT2D eigenvalue weighted by atomic mass is 16.3. The van der Waals surface area contributed by atoms with Crippen molar-refractivity contribution in [1.29, 1.82) is 0 Å². The Morgan fingerprint density at radius 2 is 1.07 bits per heavy atom. The van der Waals surface area contributed by atoms with Gasteiger partial charge in [0, 0.05) is 12.2 Å². The molecule has 10 heteroatoms. The molecule has 1 aromatic rings. The van der Waals surface area contributed by atoms with Crippen molar-refractivity contribution in [3.05, 3.63) is 47.5 Å². The highest BCUT2D eigenvalue weighted by Crippen LogP contribution is 2.24. The lowest BCUT2D eigenvalue weighted by Gasteiger charge is -2.23. The summed E-state index contributed by atoms with van der Waals surface area (Å²) >= 11 is 0. The predicted molar refractivity (Wildman–Crippen MR) is 99.5 cm³/mol. The second kappa shape index (κ2) is 9.34. The van der Waals surface area contributed by atoms with Crippen LogP contribution in [0.1, 0.15) is 11.1 Å². The van der Waals surface area contributed by atoms with Crippen molar-refractivity contribution in [2.24, 2.45) is 5.41 Å². The van der Waals surface area contributed by atoms with Gasteiger partial charge in [-0.1, -0.05) is 18.2 Å². The zero-order valence-electron chi connectivity index (χ0n) is 15.2. The molecule has 2 aliphatic heterocycles. The highest BCUT2D eigenvalue weighted by molar-refractivity contribution is 6.35. The molecule has 0 aliphatic carbocycles. The lowest BCUT2D eigenvalue weighted by Crippen LogP contribution is -2.37. The molecule has 0 spiro atoms. The lowest BCUT2D eigenvalue weighted by atomic mass is 9.93. The summed E-state index contributed by atoms with van der Waals surface area (Å²) < 4.78 is 0. The fraction of sp³-hybridized carbons (Fsp3) is 0.263. The van der Waals surface area contributed by atoms with E-state index in [1.807, 2.05) is 0 Å². The van der Waals surface area contributed by atoms with E-state index in [1.165, 1.54) is 12.2 Å². The van der Waals surface area contributed by atoms with Gasteiger partial charge in [0.1, 0.15) is 0 Å². The van der Waals surface area contributed by atoms with Crippen molar-refractivity contribution < 1.29 is 39.6 Å². The first kappa shape index (κ1) is 22.1. The van der Waals surface area contributed by atoms with E-state index in [-0.39, 0.29) is 11.1 Å². The van der Waals surface area contributed by atoms with Crippen LogP contribution in [0.15, 0.2) is 36.4 Å². The normalized spacial score (nSPS) is 16.0. The zero-order chi connectivity index (χ0) is 21.6. The Balaban J connectivity index is 0.000000284. The summed E-state index contributed by atoms with van der Waals surface area (Å²) in [6, 6.07) is 6.55. The molecule has 6 N–H and O–H groups in total. The Hall–Kier alpha value is -3.18. The van der Waals surface area contributed by atoms with Gasteiger partial charge in [0.25, 0.3) is 23.6 Å². The first-order valence-corrected chi connectivity index (χ1v) is 8.47. The number of hydrogen-bond donors (Lipinski definition) is 6. The molecule has 0 saturated carbocycles. The van der Waals surface area contributed by atoms with Crippen LogP contribution in [0, 0.1) is 5.41 Å². The fourth-order valence-electron chi connectivity index (χ4n) is 2.41. The molecule has 0 bridgehead atoms. The van der Waals surface area contributed by atoms with Crippen molar-refractivity contribution in [3.8, 4) is 0 Å². The Morgan fingerprint density at radius 3 is 1.31 bits per heavy atom. The summed E-state index contributed by atoms with van der Waals surface area (Å²) in [6.45, 7) is -1.62. The van der Waals surface area contributed by atoms with E-state index in [0.717, 1.165) is 0 Å². The van der Waals surface area contributed by atoms with E-state index in [4.69, 9.17) is 20.4 Å². The number of benzene rings is 1.